The summed E-state index contributed by atoms with van der Waals surface area (Å²) in [5.74, 6) is -6.99. The molecular formula is C32H32O14. The van der Waals surface area contributed by atoms with Crippen LogP contribution in [-0.4, -0.2) is 88.6 Å². The molecule has 0 spiro atoms. The number of carbonyl (C=O) groups is 4. The molecule has 3 aliphatic rings. The Morgan fingerprint density at radius 1 is 0.652 bits per heavy atom. The van der Waals surface area contributed by atoms with Crippen LogP contribution in [0.4, 0.5) is 0 Å². The van der Waals surface area contributed by atoms with Gasteiger partial charge in [-0.25, -0.2) is 0 Å². The molecule has 2 aliphatic heterocycles. The van der Waals surface area contributed by atoms with E-state index in [1.165, 1.54) is 38.5 Å². The summed E-state index contributed by atoms with van der Waals surface area (Å²) in [4.78, 5) is 53.1. The Balaban J connectivity index is 1.64. The Morgan fingerprint density at radius 2 is 1.02 bits per heavy atom. The molecule has 2 unspecified atom stereocenters. The van der Waals surface area contributed by atoms with Crippen LogP contribution in [0.25, 0.3) is 0 Å². The molecule has 1 aliphatic carbocycles. The first-order valence-corrected chi connectivity index (χ1v) is 14.2. The number of methoxy groups -OCH3 is 4. The molecule has 0 amide bonds. The molecule has 2 aromatic carbocycles. The second kappa shape index (κ2) is 13.3. The van der Waals surface area contributed by atoms with E-state index in [2.05, 4.69) is 0 Å². The van der Waals surface area contributed by atoms with Gasteiger partial charge >= 0.3 is 11.9 Å². The van der Waals surface area contributed by atoms with Crippen LogP contribution in [0, 0.1) is 0 Å². The van der Waals surface area contributed by atoms with Crippen LogP contribution >= 0.6 is 0 Å². The number of aliphatic hydroxyl groups is 2. The average molecular weight is 641 g/mol. The van der Waals surface area contributed by atoms with Crippen LogP contribution in [-0.2, 0) is 28.7 Å². The van der Waals surface area contributed by atoms with Gasteiger partial charge in [-0.3, -0.25) is 19.2 Å². The van der Waals surface area contributed by atoms with Crippen molar-refractivity contribution in [1.29, 1.82) is 0 Å². The van der Waals surface area contributed by atoms with E-state index in [1.807, 2.05) is 0 Å². The average Bonchev–Trinajstić information content (AvgIpc) is 3.08. The molecule has 2 aromatic rings. The van der Waals surface area contributed by atoms with E-state index in [4.69, 9.17) is 37.9 Å². The van der Waals surface area contributed by atoms with Crippen molar-refractivity contribution in [2.75, 3.05) is 54.9 Å². The SMILES string of the molecule is COC(=O)CC(C1=C(O)C(=O)C(C(CC(=O)OC)c2cc(OC)c3c(c2)OCCO3)=C(O)C1=O)c1cc(OC)c2c(c1)OCCO2. The Hall–Kier alpha value is -5.40. The van der Waals surface area contributed by atoms with Crippen molar-refractivity contribution in [2.24, 2.45) is 0 Å². The number of esters is 2. The highest BCUT2D eigenvalue weighted by atomic mass is 16.6. The van der Waals surface area contributed by atoms with E-state index in [-0.39, 0.29) is 60.6 Å². The molecule has 0 radical (unpaired) electrons. The number of ketones is 2. The third kappa shape index (κ3) is 5.85. The topological polar surface area (TPSA) is 183 Å². The highest BCUT2D eigenvalue weighted by Crippen LogP contribution is 2.48. The minimum Gasteiger partial charge on any atom is -0.504 e. The predicted molar refractivity (Wildman–Crippen MR) is 156 cm³/mol. The largest absolute Gasteiger partial charge is 0.504 e. The molecule has 46 heavy (non-hydrogen) atoms. The number of allylic oxidation sites excluding steroid dienone is 2. The monoisotopic (exact) mass is 640 g/mol. The van der Waals surface area contributed by atoms with Crippen LogP contribution in [0.5, 0.6) is 34.5 Å². The number of fused-ring (bicyclic) bond motifs is 2. The molecule has 5 rings (SSSR count). The first-order chi connectivity index (χ1) is 22.1. The Bertz CT molecular complexity index is 1500. The Labute approximate surface area is 263 Å². The quantitative estimate of drug-likeness (QED) is 0.285. The smallest absolute Gasteiger partial charge is 0.306 e. The van der Waals surface area contributed by atoms with Crippen LogP contribution in [0.15, 0.2) is 46.9 Å². The molecule has 0 saturated carbocycles. The van der Waals surface area contributed by atoms with E-state index in [0.29, 0.717) is 11.5 Å². The lowest BCUT2D eigenvalue weighted by atomic mass is 9.75. The van der Waals surface area contributed by atoms with Crippen molar-refractivity contribution in [3.63, 3.8) is 0 Å². The molecule has 0 fully saturated rings. The second-order valence-corrected chi connectivity index (χ2v) is 10.3. The summed E-state index contributed by atoms with van der Waals surface area (Å²) >= 11 is 0. The number of hydrogen-bond acceptors (Lipinski definition) is 14. The third-order valence-corrected chi connectivity index (χ3v) is 7.83. The number of hydrogen-bond donors (Lipinski definition) is 2. The van der Waals surface area contributed by atoms with Gasteiger partial charge in [0.15, 0.2) is 34.5 Å². The highest BCUT2D eigenvalue weighted by molar-refractivity contribution is 6.24. The molecule has 14 heteroatoms. The minimum absolute atomic E-state index is 0.211. The lowest BCUT2D eigenvalue weighted by Gasteiger charge is -2.29. The number of aliphatic hydroxyl groups excluding tert-OH is 2. The minimum atomic E-state index is -1.30. The van der Waals surface area contributed by atoms with Crippen LogP contribution in [0.2, 0.25) is 0 Å². The summed E-state index contributed by atoms with van der Waals surface area (Å²) < 4.78 is 43.2. The van der Waals surface area contributed by atoms with Crippen molar-refractivity contribution in [3.05, 3.63) is 58.1 Å². The van der Waals surface area contributed by atoms with E-state index < -0.39 is 70.8 Å². The molecule has 14 nitrogen and oxygen atoms in total. The van der Waals surface area contributed by atoms with Crippen LogP contribution < -0.4 is 28.4 Å². The standard InChI is InChI=1S/C32H32O14/c1-39-19-9-15(11-21-31(19)45-7-5-43-21)17(13-23(33)41-3)25-27(35)29(37)26(30(38)28(25)36)18(14-24(34)42-4)16-10-20(40-2)32-22(12-16)44-6-8-46-32/h9-12,17-18,35,38H,5-8,13-14H2,1-4H3. The normalized spacial score (nSPS) is 16.9. The van der Waals surface area contributed by atoms with Crippen molar-refractivity contribution in [1.82, 2.24) is 0 Å². The summed E-state index contributed by atoms with van der Waals surface area (Å²) in [6.45, 7) is 0.949. The number of benzene rings is 2. The number of carbonyl (C=O) groups excluding carboxylic acids is 4. The summed E-state index contributed by atoms with van der Waals surface area (Å²) in [6.07, 6.45) is -1.02. The summed E-state index contributed by atoms with van der Waals surface area (Å²) in [6, 6.07) is 5.91. The molecular weight excluding hydrogens is 608 g/mol. The molecule has 0 aromatic heterocycles. The highest BCUT2D eigenvalue weighted by Gasteiger charge is 2.44. The van der Waals surface area contributed by atoms with E-state index in [0.717, 1.165) is 14.2 Å². The first-order valence-electron chi connectivity index (χ1n) is 14.2. The molecule has 2 N–H and O–H groups in total. The zero-order chi connectivity index (χ0) is 33.1. The van der Waals surface area contributed by atoms with Crippen LogP contribution in [0.3, 0.4) is 0 Å². The summed E-state index contributed by atoms with van der Waals surface area (Å²) in [5, 5.41) is 22.8. The summed E-state index contributed by atoms with van der Waals surface area (Å²) in [7, 11) is 5.04. The number of rotatable bonds is 10. The fraction of sp³-hybridized carbons (Fsp3) is 0.375. The van der Waals surface area contributed by atoms with Gasteiger partial charge in [-0.2, -0.15) is 0 Å². The zero-order valence-corrected chi connectivity index (χ0v) is 25.5. The molecule has 244 valence electrons. The molecule has 2 heterocycles. The Morgan fingerprint density at radius 3 is 1.37 bits per heavy atom. The lowest BCUT2D eigenvalue weighted by molar-refractivity contribution is -0.142. The van der Waals surface area contributed by atoms with Gasteiger partial charge in [0.05, 0.1) is 52.4 Å². The van der Waals surface area contributed by atoms with Gasteiger partial charge in [0.1, 0.15) is 26.4 Å². The van der Waals surface area contributed by atoms with Gasteiger partial charge in [-0.1, -0.05) is 0 Å². The van der Waals surface area contributed by atoms with Crippen molar-refractivity contribution in [3.8, 4) is 34.5 Å². The zero-order valence-electron chi connectivity index (χ0n) is 25.5. The lowest BCUT2D eigenvalue weighted by Crippen LogP contribution is -2.31. The first kappa shape index (κ1) is 32.0. The van der Waals surface area contributed by atoms with Crippen LogP contribution in [0.1, 0.15) is 35.8 Å². The van der Waals surface area contributed by atoms with Gasteiger partial charge in [0.2, 0.25) is 23.1 Å². The maximum Gasteiger partial charge on any atom is 0.306 e. The second-order valence-electron chi connectivity index (χ2n) is 10.3. The van der Waals surface area contributed by atoms with E-state index in [9.17, 15) is 29.4 Å². The van der Waals surface area contributed by atoms with E-state index >= 15 is 0 Å². The van der Waals surface area contributed by atoms with Gasteiger partial charge in [0.25, 0.3) is 0 Å². The Kier molecular flexibility index (Phi) is 9.26. The third-order valence-electron chi connectivity index (χ3n) is 7.83. The van der Waals surface area contributed by atoms with Gasteiger partial charge in [-0.15, -0.1) is 0 Å². The molecule has 2 atom stereocenters. The molecule has 0 bridgehead atoms. The molecule has 0 saturated heterocycles. The number of ether oxygens (including phenoxy) is 8. The summed E-state index contributed by atoms with van der Waals surface area (Å²) in [5.41, 5.74) is -0.667. The van der Waals surface area contributed by atoms with Crippen molar-refractivity contribution in [2.45, 2.75) is 24.7 Å². The maximum absolute atomic E-state index is 14.0. The van der Waals surface area contributed by atoms with Crippen molar-refractivity contribution >= 4 is 23.5 Å². The maximum atomic E-state index is 14.0. The predicted octanol–water partition coefficient (Wildman–Crippen LogP) is 3.02. The van der Waals surface area contributed by atoms with Gasteiger partial charge in [0, 0.05) is 11.8 Å². The van der Waals surface area contributed by atoms with Gasteiger partial charge < -0.3 is 48.1 Å². The fourth-order valence-corrected chi connectivity index (χ4v) is 5.62. The van der Waals surface area contributed by atoms with Gasteiger partial charge in [-0.05, 0) is 35.4 Å². The fourth-order valence-electron chi connectivity index (χ4n) is 5.62. The number of Topliss-reactive ketones (excluding diaryl/α,β-unsaturated/α-hetero) is 2. The van der Waals surface area contributed by atoms with Crippen molar-refractivity contribution < 1.29 is 67.3 Å². The van der Waals surface area contributed by atoms with E-state index in [1.54, 1.807) is 0 Å².